The Morgan fingerprint density at radius 1 is 1.04 bits per heavy atom. The second-order valence-corrected chi connectivity index (χ2v) is 7.55. The predicted molar refractivity (Wildman–Crippen MR) is 91.0 cm³/mol. The Morgan fingerprint density at radius 3 is 2.54 bits per heavy atom. The van der Waals surface area contributed by atoms with Gasteiger partial charge in [0.1, 0.15) is 5.52 Å². The average Bonchev–Trinajstić information content (AvgIpc) is 3.11. The lowest BCUT2D eigenvalue weighted by atomic mass is 10.2. The van der Waals surface area contributed by atoms with Crippen LogP contribution >= 0.6 is 0 Å². The smallest absolute Gasteiger partial charge is 0.208 e. The van der Waals surface area contributed by atoms with Gasteiger partial charge in [-0.1, -0.05) is 18.2 Å². The molecule has 2 aromatic carbocycles. The number of imidazole rings is 1. The van der Waals surface area contributed by atoms with E-state index in [1.54, 1.807) is 48.8 Å². The molecule has 1 saturated heterocycles. The lowest BCUT2D eigenvalue weighted by Gasteiger charge is -2.30. The zero-order chi connectivity index (χ0) is 16.6. The summed E-state index contributed by atoms with van der Waals surface area (Å²) in [5.41, 5.74) is 2.15. The van der Waals surface area contributed by atoms with Gasteiger partial charge in [0.2, 0.25) is 9.84 Å². The van der Waals surface area contributed by atoms with Gasteiger partial charge in [-0.2, -0.15) is 0 Å². The molecule has 0 aliphatic carbocycles. The number of ether oxygens (including phenoxy) is 1. The average molecular weight is 343 g/mol. The molecule has 1 N–H and O–H groups in total. The summed E-state index contributed by atoms with van der Waals surface area (Å²) in [5.74, 6) is 0. The van der Waals surface area contributed by atoms with Crippen LogP contribution in [-0.2, 0) is 14.6 Å². The van der Waals surface area contributed by atoms with E-state index < -0.39 is 9.84 Å². The summed E-state index contributed by atoms with van der Waals surface area (Å²) < 4.78 is 31.7. The van der Waals surface area contributed by atoms with Gasteiger partial charge < -0.3 is 14.6 Å². The summed E-state index contributed by atoms with van der Waals surface area (Å²) in [7, 11) is -3.62. The van der Waals surface area contributed by atoms with Crippen molar-refractivity contribution < 1.29 is 13.2 Å². The normalized spacial score (nSPS) is 15.8. The molecule has 0 amide bonds. The van der Waals surface area contributed by atoms with Crippen LogP contribution in [0, 0.1) is 0 Å². The number of fused-ring (bicyclic) bond motifs is 1. The van der Waals surface area contributed by atoms with E-state index in [0.717, 1.165) is 5.52 Å². The SMILES string of the molecule is O=S(=O)(c1ccccc1)c1ccc2[nH]cnc2c1N1CCOCC1. The summed E-state index contributed by atoms with van der Waals surface area (Å²) in [6.45, 7) is 2.43. The summed E-state index contributed by atoms with van der Waals surface area (Å²) in [6.07, 6.45) is 1.59. The third-order valence-electron chi connectivity index (χ3n) is 4.20. The monoisotopic (exact) mass is 343 g/mol. The molecule has 2 heterocycles. The molecule has 1 aliphatic heterocycles. The third kappa shape index (κ3) is 2.46. The van der Waals surface area contributed by atoms with Gasteiger partial charge in [-0.05, 0) is 24.3 Å². The first-order chi connectivity index (χ1) is 11.7. The molecule has 3 aromatic rings. The van der Waals surface area contributed by atoms with Gasteiger partial charge in [-0.15, -0.1) is 0 Å². The maximum absolute atomic E-state index is 13.2. The number of aromatic nitrogens is 2. The van der Waals surface area contributed by atoms with Crippen molar-refractivity contribution in [3.05, 3.63) is 48.8 Å². The second-order valence-electron chi connectivity index (χ2n) is 5.63. The van der Waals surface area contributed by atoms with Crippen LogP contribution in [0.2, 0.25) is 0 Å². The minimum Gasteiger partial charge on any atom is -0.378 e. The van der Waals surface area contributed by atoms with E-state index in [1.165, 1.54) is 0 Å². The lowest BCUT2D eigenvalue weighted by Crippen LogP contribution is -2.37. The van der Waals surface area contributed by atoms with E-state index in [-0.39, 0.29) is 9.79 Å². The van der Waals surface area contributed by atoms with Gasteiger partial charge in [0.05, 0.1) is 40.5 Å². The van der Waals surface area contributed by atoms with Crippen molar-refractivity contribution in [1.29, 1.82) is 0 Å². The Morgan fingerprint density at radius 2 is 1.79 bits per heavy atom. The van der Waals surface area contributed by atoms with Crippen LogP contribution in [0.15, 0.2) is 58.6 Å². The molecule has 6 nitrogen and oxygen atoms in total. The van der Waals surface area contributed by atoms with Gasteiger partial charge in [0.25, 0.3) is 0 Å². The maximum Gasteiger partial charge on any atom is 0.208 e. The van der Waals surface area contributed by atoms with Crippen LogP contribution < -0.4 is 4.90 Å². The molecular weight excluding hydrogens is 326 g/mol. The van der Waals surface area contributed by atoms with E-state index in [0.29, 0.717) is 37.5 Å². The maximum atomic E-state index is 13.2. The topological polar surface area (TPSA) is 75.3 Å². The fourth-order valence-electron chi connectivity index (χ4n) is 3.01. The molecule has 1 aromatic heterocycles. The minimum atomic E-state index is -3.62. The molecule has 0 bridgehead atoms. The molecule has 0 radical (unpaired) electrons. The van der Waals surface area contributed by atoms with E-state index >= 15 is 0 Å². The van der Waals surface area contributed by atoms with Crippen LogP contribution in [0.4, 0.5) is 5.69 Å². The minimum absolute atomic E-state index is 0.286. The van der Waals surface area contributed by atoms with Crippen LogP contribution in [0.5, 0.6) is 0 Å². The number of sulfone groups is 1. The van der Waals surface area contributed by atoms with Crippen molar-refractivity contribution in [2.24, 2.45) is 0 Å². The number of benzene rings is 2. The van der Waals surface area contributed by atoms with Gasteiger partial charge in [0.15, 0.2) is 0 Å². The van der Waals surface area contributed by atoms with Crippen molar-refractivity contribution in [3.8, 4) is 0 Å². The number of H-pyrrole nitrogens is 1. The first kappa shape index (κ1) is 15.2. The molecule has 0 unspecified atom stereocenters. The third-order valence-corrected chi connectivity index (χ3v) is 6.00. The number of rotatable bonds is 3. The fraction of sp³-hybridized carbons (Fsp3) is 0.235. The molecule has 1 aliphatic rings. The molecule has 1 fully saturated rings. The summed E-state index contributed by atoms with van der Waals surface area (Å²) in [4.78, 5) is 10.0. The predicted octanol–water partition coefficient (Wildman–Crippen LogP) is 2.23. The molecule has 24 heavy (non-hydrogen) atoms. The van der Waals surface area contributed by atoms with Crippen molar-refractivity contribution in [1.82, 2.24) is 9.97 Å². The lowest BCUT2D eigenvalue weighted by molar-refractivity contribution is 0.122. The molecule has 7 heteroatoms. The number of hydrogen-bond donors (Lipinski definition) is 1. The van der Waals surface area contributed by atoms with Crippen molar-refractivity contribution in [2.45, 2.75) is 9.79 Å². The number of aromatic amines is 1. The van der Waals surface area contributed by atoms with Crippen LogP contribution in [0.1, 0.15) is 0 Å². The molecule has 124 valence electrons. The summed E-state index contributed by atoms with van der Waals surface area (Å²) >= 11 is 0. The Balaban J connectivity index is 1.95. The fourth-order valence-corrected chi connectivity index (χ4v) is 4.51. The highest BCUT2D eigenvalue weighted by Gasteiger charge is 2.27. The Bertz CT molecular complexity index is 961. The quantitative estimate of drug-likeness (QED) is 0.789. The zero-order valence-electron chi connectivity index (χ0n) is 13.0. The van der Waals surface area contributed by atoms with E-state index in [1.807, 2.05) is 4.90 Å². The molecular formula is C17H17N3O3S. The first-order valence-corrected chi connectivity index (χ1v) is 9.25. The second kappa shape index (κ2) is 5.92. The van der Waals surface area contributed by atoms with Gasteiger partial charge in [0, 0.05) is 13.1 Å². The van der Waals surface area contributed by atoms with E-state index in [9.17, 15) is 8.42 Å². The van der Waals surface area contributed by atoms with Gasteiger partial charge in [-0.3, -0.25) is 0 Å². The summed E-state index contributed by atoms with van der Waals surface area (Å²) in [5, 5.41) is 0. The number of nitrogens with one attached hydrogen (secondary N) is 1. The number of hydrogen-bond acceptors (Lipinski definition) is 5. The molecule has 0 atom stereocenters. The highest BCUT2D eigenvalue weighted by molar-refractivity contribution is 7.91. The summed E-state index contributed by atoms with van der Waals surface area (Å²) in [6, 6.07) is 11.9. The van der Waals surface area contributed by atoms with Gasteiger partial charge >= 0.3 is 0 Å². The number of anilines is 1. The van der Waals surface area contributed by atoms with Crippen LogP contribution in [0.25, 0.3) is 11.0 Å². The highest BCUT2D eigenvalue weighted by atomic mass is 32.2. The molecule has 0 saturated carbocycles. The Kier molecular flexibility index (Phi) is 3.74. The van der Waals surface area contributed by atoms with Crippen molar-refractivity contribution in [3.63, 3.8) is 0 Å². The Hall–Kier alpha value is -2.38. The number of nitrogens with zero attached hydrogens (tertiary/aromatic N) is 2. The Labute approximate surface area is 140 Å². The first-order valence-electron chi connectivity index (χ1n) is 7.77. The number of morpholine rings is 1. The van der Waals surface area contributed by atoms with Crippen LogP contribution in [0.3, 0.4) is 0 Å². The molecule has 4 rings (SSSR count). The molecule has 0 spiro atoms. The van der Waals surface area contributed by atoms with E-state index in [2.05, 4.69) is 9.97 Å². The van der Waals surface area contributed by atoms with E-state index in [4.69, 9.17) is 4.74 Å². The highest BCUT2D eigenvalue weighted by Crippen LogP contribution is 2.35. The zero-order valence-corrected chi connectivity index (χ0v) is 13.8. The largest absolute Gasteiger partial charge is 0.378 e. The standard InChI is InChI=1S/C17H17N3O3S/c21-24(22,13-4-2-1-3-5-13)15-7-6-14-16(19-12-18-14)17(15)20-8-10-23-11-9-20/h1-7,12H,8-11H2,(H,18,19). The van der Waals surface area contributed by atoms with Crippen LogP contribution in [-0.4, -0.2) is 44.7 Å². The van der Waals surface area contributed by atoms with Crippen molar-refractivity contribution >= 4 is 26.6 Å². The van der Waals surface area contributed by atoms with Crippen molar-refractivity contribution in [2.75, 3.05) is 31.2 Å². The van der Waals surface area contributed by atoms with Gasteiger partial charge in [-0.25, -0.2) is 13.4 Å².